The number of hydrogen-bond acceptors (Lipinski definition) is 3. The zero-order chi connectivity index (χ0) is 14.6. The van der Waals surface area contributed by atoms with Gasteiger partial charge in [0.15, 0.2) is 0 Å². The number of fused-ring (bicyclic) bond motifs is 1. The first-order chi connectivity index (χ1) is 10.1. The van der Waals surface area contributed by atoms with Gasteiger partial charge in [-0.05, 0) is 36.5 Å². The van der Waals surface area contributed by atoms with Crippen LogP contribution in [0.2, 0.25) is 0 Å². The van der Waals surface area contributed by atoms with Crippen molar-refractivity contribution in [3.63, 3.8) is 0 Å². The number of halogens is 1. The molecule has 1 saturated heterocycles. The molecule has 0 N–H and O–H groups in total. The van der Waals surface area contributed by atoms with Crippen molar-refractivity contribution in [1.29, 1.82) is 0 Å². The summed E-state index contributed by atoms with van der Waals surface area (Å²) < 4.78 is 14.7. The van der Waals surface area contributed by atoms with Gasteiger partial charge >= 0.3 is 0 Å². The number of pyridine rings is 1. The van der Waals surface area contributed by atoms with E-state index in [0.717, 1.165) is 13.1 Å². The van der Waals surface area contributed by atoms with Crippen LogP contribution < -0.4 is 0 Å². The highest BCUT2D eigenvalue weighted by Gasteiger charge is 2.47. The van der Waals surface area contributed by atoms with Gasteiger partial charge in [0.2, 0.25) is 5.95 Å². The van der Waals surface area contributed by atoms with Crippen LogP contribution in [0.1, 0.15) is 16.9 Å². The number of carbonyl (C=O) groups is 1. The van der Waals surface area contributed by atoms with Crippen molar-refractivity contribution in [1.82, 2.24) is 19.7 Å². The molecule has 2 atom stereocenters. The standard InChI is InChI=1S/C15H15FN4O/c1-19-13(15(21)20-7-9-5-10(9)8-20)6-12(18-19)11-3-2-4-14(16)17-11/h2-4,6,9-10H,5,7-8H2,1H3/t9-,10?/m0/s1. The maximum absolute atomic E-state index is 13.2. The number of aryl methyl sites for hydroxylation is 1. The molecular weight excluding hydrogens is 271 g/mol. The number of rotatable bonds is 2. The monoisotopic (exact) mass is 286 g/mol. The quantitative estimate of drug-likeness (QED) is 0.790. The summed E-state index contributed by atoms with van der Waals surface area (Å²) in [5, 5.41) is 4.28. The predicted molar refractivity (Wildman–Crippen MR) is 73.9 cm³/mol. The Balaban J connectivity index is 1.63. The Labute approximate surface area is 121 Å². The third-order valence-corrected chi connectivity index (χ3v) is 4.34. The van der Waals surface area contributed by atoms with Crippen LogP contribution in [0.4, 0.5) is 4.39 Å². The minimum atomic E-state index is -0.550. The van der Waals surface area contributed by atoms with Gasteiger partial charge in [0.05, 0.1) is 5.69 Å². The van der Waals surface area contributed by atoms with Crippen LogP contribution in [0.3, 0.4) is 0 Å². The number of likely N-dealkylation sites (tertiary alicyclic amines) is 1. The van der Waals surface area contributed by atoms with E-state index in [1.54, 1.807) is 29.9 Å². The first-order valence-corrected chi connectivity index (χ1v) is 7.08. The largest absolute Gasteiger partial charge is 0.337 e. The van der Waals surface area contributed by atoms with Crippen molar-refractivity contribution < 1.29 is 9.18 Å². The second-order valence-corrected chi connectivity index (χ2v) is 5.85. The normalized spacial score (nSPS) is 23.2. The molecule has 2 fully saturated rings. The van der Waals surface area contributed by atoms with Crippen LogP contribution in [-0.4, -0.2) is 38.7 Å². The van der Waals surface area contributed by atoms with E-state index in [4.69, 9.17) is 0 Å². The third-order valence-electron chi connectivity index (χ3n) is 4.34. The lowest BCUT2D eigenvalue weighted by molar-refractivity contribution is 0.0764. The first-order valence-electron chi connectivity index (χ1n) is 7.08. The average Bonchev–Trinajstić information content (AvgIpc) is 2.91. The fourth-order valence-corrected chi connectivity index (χ4v) is 3.07. The predicted octanol–water partition coefficient (Wildman–Crippen LogP) is 1.71. The molecule has 5 nitrogen and oxygen atoms in total. The SMILES string of the molecule is Cn1nc(-c2cccc(F)n2)cc1C(=O)N1CC2C[C@H]2C1. The van der Waals surface area contributed by atoms with Crippen molar-refractivity contribution in [2.45, 2.75) is 6.42 Å². The van der Waals surface area contributed by atoms with E-state index in [1.165, 1.54) is 12.5 Å². The molecule has 108 valence electrons. The maximum Gasteiger partial charge on any atom is 0.272 e. The Kier molecular flexibility index (Phi) is 2.60. The molecule has 1 aliphatic heterocycles. The van der Waals surface area contributed by atoms with Gasteiger partial charge in [-0.1, -0.05) is 6.07 Å². The fourth-order valence-electron chi connectivity index (χ4n) is 3.07. The van der Waals surface area contributed by atoms with Crippen LogP contribution >= 0.6 is 0 Å². The second-order valence-electron chi connectivity index (χ2n) is 5.85. The molecule has 6 heteroatoms. The molecule has 2 aromatic heterocycles. The van der Waals surface area contributed by atoms with Crippen molar-refractivity contribution >= 4 is 5.91 Å². The summed E-state index contributed by atoms with van der Waals surface area (Å²) in [6.07, 6.45) is 1.26. The van der Waals surface area contributed by atoms with Gasteiger partial charge < -0.3 is 4.90 Å². The molecular formula is C15H15FN4O. The van der Waals surface area contributed by atoms with E-state index in [1.807, 2.05) is 4.90 Å². The van der Waals surface area contributed by atoms with E-state index in [-0.39, 0.29) is 5.91 Å². The highest BCUT2D eigenvalue weighted by molar-refractivity contribution is 5.94. The van der Waals surface area contributed by atoms with E-state index < -0.39 is 5.95 Å². The maximum atomic E-state index is 13.2. The van der Waals surface area contributed by atoms with E-state index >= 15 is 0 Å². The Morgan fingerprint density at radius 2 is 2.05 bits per heavy atom. The van der Waals surface area contributed by atoms with Gasteiger partial charge in [0, 0.05) is 20.1 Å². The highest BCUT2D eigenvalue weighted by atomic mass is 19.1. The van der Waals surface area contributed by atoms with Crippen molar-refractivity contribution in [3.8, 4) is 11.4 Å². The summed E-state index contributed by atoms with van der Waals surface area (Å²) in [6, 6.07) is 6.25. The molecule has 0 aromatic carbocycles. The van der Waals surface area contributed by atoms with Crippen molar-refractivity contribution in [3.05, 3.63) is 35.9 Å². The van der Waals surface area contributed by atoms with Crippen LogP contribution in [0.25, 0.3) is 11.4 Å². The topological polar surface area (TPSA) is 51.0 Å². The molecule has 1 amide bonds. The minimum absolute atomic E-state index is 0.000136. The summed E-state index contributed by atoms with van der Waals surface area (Å²) in [6.45, 7) is 1.70. The molecule has 2 aliphatic rings. The summed E-state index contributed by atoms with van der Waals surface area (Å²) >= 11 is 0. The lowest BCUT2D eigenvalue weighted by atomic mass is 10.2. The summed E-state index contributed by atoms with van der Waals surface area (Å²) in [5.74, 6) is 0.851. The zero-order valence-corrected chi connectivity index (χ0v) is 11.7. The number of nitrogens with zero attached hydrogens (tertiary/aromatic N) is 4. The third kappa shape index (κ3) is 2.11. The first kappa shape index (κ1) is 12.5. The Morgan fingerprint density at radius 3 is 2.76 bits per heavy atom. The van der Waals surface area contributed by atoms with Gasteiger partial charge in [-0.3, -0.25) is 9.48 Å². The highest BCUT2D eigenvalue weighted by Crippen LogP contribution is 2.45. The fraction of sp³-hybridized carbons (Fsp3) is 0.400. The molecule has 1 unspecified atom stereocenters. The molecule has 0 radical (unpaired) electrons. The van der Waals surface area contributed by atoms with E-state index in [9.17, 15) is 9.18 Å². The lowest BCUT2D eigenvalue weighted by Gasteiger charge is -2.17. The van der Waals surface area contributed by atoms with E-state index in [0.29, 0.717) is 28.9 Å². The molecule has 2 aromatic rings. The minimum Gasteiger partial charge on any atom is -0.337 e. The average molecular weight is 286 g/mol. The van der Waals surface area contributed by atoms with Crippen molar-refractivity contribution in [2.24, 2.45) is 18.9 Å². The number of amides is 1. The van der Waals surface area contributed by atoms with Crippen LogP contribution in [-0.2, 0) is 7.05 Å². The molecule has 4 rings (SSSR count). The Bertz CT molecular complexity index is 716. The van der Waals surface area contributed by atoms with Crippen molar-refractivity contribution in [2.75, 3.05) is 13.1 Å². The molecule has 0 spiro atoms. The molecule has 1 saturated carbocycles. The number of piperidine rings is 1. The molecule has 21 heavy (non-hydrogen) atoms. The lowest BCUT2D eigenvalue weighted by Crippen LogP contribution is -2.31. The number of hydrogen-bond donors (Lipinski definition) is 0. The second kappa shape index (κ2) is 4.38. The summed E-state index contributed by atoms with van der Waals surface area (Å²) in [4.78, 5) is 18.2. The van der Waals surface area contributed by atoms with Gasteiger partial charge in [-0.15, -0.1) is 0 Å². The Hall–Kier alpha value is -2.24. The van der Waals surface area contributed by atoms with Crippen LogP contribution in [0.5, 0.6) is 0 Å². The number of aromatic nitrogens is 3. The molecule has 0 bridgehead atoms. The molecule has 3 heterocycles. The van der Waals surface area contributed by atoms with Gasteiger partial charge in [-0.2, -0.15) is 9.49 Å². The van der Waals surface area contributed by atoms with Gasteiger partial charge in [0.1, 0.15) is 11.4 Å². The van der Waals surface area contributed by atoms with Gasteiger partial charge in [-0.25, -0.2) is 4.98 Å². The summed E-state index contributed by atoms with van der Waals surface area (Å²) in [5.41, 5.74) is 1.48. The number of carbonyl (C=O) groups excluding carboxylic acids is 1. The van der Waals surface area contributed by atoms with E-state index in [2.05, 4.69) is 10.1 Å². The van der Waals surface area contributed by atoms with Crippen LogP contribution in [0, 0.1) is 17.8 Å². The summed E-state index contributed by atoms with van der Waals surface area (Å²) in [7, 11) is 1.73. The smallest absolute Gasteiger partial charge is 0.272 e. The zero-order valence-electron chi connectivity index (χ0n) is 11.7. The Morgan fingerprint density at radius 1 is 1.29 bits per heavy atom. The van der Waals surface area contributed by atoms with Gasteiger partial charge in [0.25, 0.3) is 5.91 Å². The van der Waals surface area contributed by atoms with Crippen LogP contribution in [0.15, 0.2) is 24.3 Å². The molecule has 1 aliphatic carbocycles.